The number of hydrogen-bond donors (Lipinski definition) is 0. The number of carbonyl (C=O) groups excluding carboxylic acids is 2. The lowest BCUT2D eigenvalue weighted by Gasteiger charge is -2.00. The van der Waals surface area contributed by atoms with Crippen molar-refractivity contribution < 1.29 is 14.3 Å². The first-order valence-corrected chi connectivity index (χ1v) is 9.96. The smallest absolute Gasteiger partial charge is 0.369 e. The molecule has 1 aromatic carbocycles. The lowest BCUT2D eigenvalue weighted by Crippen LogP contribution is -2.14. The third-order valence-electron chi connectivity index (χ3n) is 3.38. The zero-order valence-corrected chi connectivity index (χ0v) is 17.1. The number of carbonyl (C=O) groups is 2. The number of hydrogen-bond acceptors (Lipinski definition) is 8. The minimum atomic E-state index is -0.522. The zero-order chi connectivity index (χ0) is 19.6. The van der Waals surface area contributed by atoms with Gasteiger partial charge in [0.05, 0.1) is 22.9 Å². The van der Waals surface area contributed by atoms with E-state index in [9.17, 15) is 9.59 Å². The van der Waals surface area contributed by atoms with E-state index in [0.29, 0.717) is 31.2 Å². The van der Waals surface area contributed by atoms with Crippen LogP contribution in [0, 0.1) is 6.92 Å². The van der Waals surface area contributed by atoms with Crippen molar-refractivity contribution in [2.75, 3.05) is 6.61 Å². The summed E-state index contributed by atoms with van der Waals surface area (Å²) >= 11 is 8.23. The Hall–Kier alpha value is -2.36. The molecular formula is C17H15ClN4O3S2. The number of ether oxygens (including phenoxy) is 1. The van der Waals surface area contributed by atoms with E-state index in [2.05, 4.69) is 15.1 Å². The molecule has 7 nitrogen and oxygen atoms in total. The topological polar surface area (TPSA) is 86.4 Å². The maximum atomic E-state index is 12.1. The van der Waals surface area contributed by atoms with Gasteiger partial charge in [0.15, 0.2) is 5.78 Å². The Morgan fingerprint density at radius 3 is 2.56 bits per heavy atom. The van der Waals surface area contributed by atoms with Gasteiger partial charge in [0.1, 0.15) is 0 Å². The molecule has 0 bridgehead atoms. The molecular weight excluding hydrogens is 408 g/mol. The highest BCUT2D eigenvalue weighted by molar-refractivity contribution is 7.17. The van der Waals surface area contributed by atoms with Crippen LogP contribution in [0.4, 0.5) is 5.13 Å². The van der Waals surface area contributed by atoms with Gasteiger partial charge >= 0.3 is 5.97 Å². The molecule has 2 heterocycles. The van der Waals surface area contributed by atoms with Crippen LogP contribution < -0.4 is 4.80 Å². The van der Waals surface area contributed by atoms with E-state index in [4.69, 9.17) is 16.3 Å². The molecule has 0 aliphatic carbocycles. The first-order chi connectivity index (χ1) is 12.9. The first-order valence-electron chi connectivity index (χ1n) is 7.95. The van der Waals surface area contributed by atoms with Gasteiger partial charge in [-0.1, -0.05) is 34.3 Å². The average molecular weight is 423 g/mol. The van der Waals surface area contributed by atoms with Crippen molar-refractivity contribution in [3.8, 4) is 5.69 Å². The summed E-state index contributed by atoms with van der Waals surface area (Å²) in [5, 5.41) is 5.49. The number of aryl methyl sites for hydroxylation is 1. The molecule has 0 aliphatic heterocycles. The lowest BCUT2D eigenvalue weighted by molar-refractivity contribution is 0.0524. The number of benzene rings is 1. The Morgan fingerprint density at radius 1 is 1.26 bits per heavy atom. The highest BCUT2D eigenvalue weighted by atomic mass is 35.5. The molecule has 2 aromatic heterocycles. The number of aromatic nitrogens is 3. The molecule has 0 unspecified atom stereocenters. The molecule has 10 heteroatoms. The minimum absolute atomic E-state index is 0.0615. The molecule has 0 amide bonds. The van der Waals surface area contributed by atoms with E-state index in [1.54, 1.807) is 38.1 Å². The second-order valence-electron chi connectivity index (χ2n) is 5.38. The predicted molar refractivity (Wildman–Crippen MR) is 104 cm³/mol. The zero-order valence-electron chi connectivity index (χ0n) is 14.7. The largest absolute Gasteiger partial charge is 0.461 e. The summed E-state index contributed by atoms with van der Waals surface area (Å²) < 4.78 is 6.56. The Balaban J connectivity index is 2.14. The van der Waals surface area contributed by atoms with Crippen LogP contribution in [0.2, 0.25) is 5.02 Å². The average Bonchev–Trinajstić information content (AvgIpc) is 3.20. The normalized spacial score (nSPS) is 11.6. The highest BCUT2D eigenvalue weighted by Gasteiger charge is 2.17. The molecule has 0 fully saturated rings. The minimum Gasteiger partial charge on any atom is -0.461 e. The van der Waals surface area contributed by atoms with E-state index in [0.717, 1.165) is 11.3 Å². The van der Waals surface area contributed by atoms with Crippen LogP contribution in [0.15, 0.2) is 29.3 Å². The summed E-state index contributed by atoms with van der Waals surface area (Å²) in [5.41, 5.74) is 1.31. The van der Waals surface area contributed by atoms with Crippen molar-refractivity contribution in [3.05, 3.63) is 49.7 Å². The van der Waals surface area contributed by atoms with Crippen LogP contribution in [0.1, 0.15) is 39.0 Å². The lowest BCUT2D eigenvalue weighted by atomic mass is 10.3. The summed E-state index contributed by atoms with van der Waals surface area (Å²) in [6.07, 6.45) is 0. The van der Waals surface area contributed by atoms with Gasteiger partial charge in [-0.25, -0.2) is 14.5 Å². The molecule has 0 N–H and O–H groups in total. The standard InChI is InChI=1S/C17H15ClN4O3S2/c1-4-25-15(24)14-21-22(12-7-5-11(18)6-8-12)17(27-14)20-16-19-9(2)13(26-16)10(3)23/h5-8H,4H2,1-3H3/b20-17-. The third kappa shape index (κ3) is 4.32. The summed E-state index contributed by atoms with van der Waals surface area (Å²) in [5.74, 6) is -0.583. The number of nitrogens with zero attached hydrogens (tertiary/aromatic N) is 4. The fourth-order valence-electron chi connectivity index (χ4n) is 2.22. The van der Waals surface area contributed by atoms with Gasteiger partial charge in [-0.15, -0.1) is 5.10 Å². The number of rotatable bonds is 5. The van der Waals surface area contributed by atoms with Crippen molar-refractivity contribution in [1.82, 2.24) is 14.8 Å². The van der Waals surface area contributed by atoms with Crippen molar-refractivity contribution in [2.24, 2.45) is 4.99 Å². The first kappa shape index (κ1) is 19.4. The Labute approximate surface area is 167 Å². The van der Waals surface area contributed by atoms with Gasteiger partial charge in [0, 0.05) is 11.9 Å². The number of ketones is 1. The highest BCUT2D eigenvalue weighted by Crippen LogP contribution is 2.25. The fraction of sp³-hybridized carbons (Fsp3) is 0.235. The molecule has 27 heavy (non-hydrogen) atoms. The van der Waals surface area contributed by atoms with Crippen molar-refractivity contribution >= 4 is 51.2 Å². The summed E-state index contributed by atoms with van der Waals surface area (Å²) in [7, 11) is 0. The summed E-state index contributed by atoms with van der Waals surface area (Å²) in [6, 6.07) is 6.98. The third-order valence-corrected chi connectivity index (χ3v) is 5.67. The Morgan fingerprint density at radius 2 is 1.96 bits per heavy atom. The second kappa shape index (κ2) is 8.12. The molecule has 0 atom stereocenters. The maximum absolute atomic E-state index is 12.1. The van der Waals surface area contributed by atoms with Crippen LogP contribution in [0.3, 0.4) is 0 Å². The molecule has 3 aromatic rings. The van der Waals surface area contributed by atoms with Crippen LogP contribution in [0.25, 0.3) is 5.69 Å². The molecule has 0 spiro atoms. The molecule has 0 radical (unpaired) electrons. The molecule has 0 saturated carbocycles. The molecule has 3 rings (SSSR count). The number of thiazole rings is 1. The van der Waals surface area contributed by atoms with Gasteiger partial charge in [-0.3, -0.25) is 4.79 Å². The van der Waals surface area contributed by atoms with E-state index in [-0.39, 0.29) is 17.4 Å². The van der Waals surface area contributed by atoms with Crippen LogP contribution in [0.5, 0.6) is 0 Å². The van der Waals surface area contributed by atoms with Crippen LogP contribution >= 0.6 is 34.3 Å². The number of halogens is 1. The van der Waals surface area contributed by atoms with E-state index in [1.165, 1.54) is 22.9 Å². The van der Waals surface area contributed by atoms with Crippen LogP contribution in [-0.4, -0.2) is 33.1 Å². The molecule has 0 saturated heterocycles. The van der Waals surface area contributed by atoms with Crippen LogP contribution in [-0.2, 0) is 4.74 Å². The number of esters is 1. The summed E-state index contributed by atoms with van der Waals surface area (Å²) in [4.78, 5) is 33.6. The molecule has 0 aliphatic rings. The quantitative estimate of drug-likeness (QED) is 0.458. The number of Topliss-reactive ketones (excluding diaryl/α,β-unsaturated/α-hetero) is 1. The van der Waals surface area contributed by atoms with Gasteiger partial charge in [-0.05, 0) is 38.1 Å². The summed E-state index contributed by atoms with van der Waals surface area (Å²) in [6.45, 7) is 5.23. The van der Waals surface area contributed by atoms with Gasteiger partial charge < -0.3 is 4.74 Å². The van der Waals surface area contributed by atoms with Gasteiger partial charge in [0.2, 0.25) is 14.9 Å². The second-order valence-corrected chi connectivity index (χ2v) is 7.75. The van der Waals surface area contributed by atoms with Crippen molar-refractivity contribution in [1.29, 1.82) is 0 Å². The van der Waals surface area contributed by atoms with Gasteiger partial charge in [-0.2, -0.15) is 4.99 Å². The predicted octanol–water partition coefficient (Wildman–Crippen LogP) is 3.96. The van der Waals surface area contributed by atoms with E-state index < -0.39 is 5.97 Å². The van der Waals surface area contributed by atoms with E-state index >= 15 is 0 Å². The van der Waals surface area contributed by atoms with E-state index in [1.807, 2.05) is 0 Å². The Bertz CT molecular complexity index is 1070. The fourth-order valence-corrected chi connectivity index (χ4v) is 4.04. The maximum Gasteiger partial charge on any atom is 0.369 e. The molecule has 140 valence electrons. The van der Waals surface area contributed by atoms with Crippen molar-refractivity contribution in [3.63, 3.8) is 0 Å². The van der Waals surface area contributed by atoms with Crippen molar-refractivity contribution in [2.45, 2.75) is 20.8 Å². The Kier molecular flexibility index (Phi) is 5.83. The SMILES string of the molecule is CCOC(=O)c1nn(-c2ccc(Cl)cc2)/c(=N/c2nc(C)c(C(C)=O)s2)s1. The monoisotopic (exact) mass is 422 g/mol. The van der Waals surface area contributed by atoms with Gasteiger partial charge in [0.25, 0.3) is 0 Å².